The molecule has 0 aliphatic rings. The quantitative estimate of drug-likeness (QED) is 0.0263. The molecule has 0 bridgehead atoms. The van der Waals surface area contributed by atoms with Gasteiger partial charge in [-0.1, -0.05) is 222 Å². The number of carbonyl (C=O) groups excluding carboxylic acids is 3. The van der Waals surface area contributed by atoms with Crippen LogP contribution < -0.4 is 0 Å². The number of hydrogen-bond donors (Lipinski definition) is 0. The van der Waals surface area contributed by atoms with Crippen molar-refractivity contribution in [2.75, 3.05) is 13.2 Å². The third-order valence-electron chi connectivity index (χ3n) is 10.7. The summed E-state index contributed by atoms with van der Waals surface area (Å²) in [6.07, 6.45) is 61.8. The molecule has 6 nitrogen and oxygen atoms in total. The van der Waals surface area contributed by atoms with E-state index < -0.39 is 6.10 Å². The second-order valence-corrected chi connectivity index (χ2v) is 16.7. The number of esters is 3. The van der Waals surface area contributed by atoms with Gasteiger partial charge in [0.25, 0.3) is 0 Å². The van der Waals surface area contributed by atoms with Crippen LogP contribution in [0, 0.1) is 0 Å². The molecule has 0 spiro atoms. The summed E-state index contributed by atoms with van der Waals surface area (Å²) in [7, 11) is 0. The maximum absolute atomic E-state index is 12.8. The van der Waals surface area contributed by atoms with Gasteiger partial charge >= 0.3 is 17.9 Å². The van der Waals surface area contributed by atoms with Gasteiger partial charge in [0.1, 0.15) is 13.2 Å². The molecule has 1 unspecified atom stereocenters. The van der Waals surface area contributed by atoms with Gasteiger partial charge in [-0.15, -0.1) is 0 Å². The van der Waals surface area contributed by atoms with Crippen LogP contribution in [0.2, 0.25) is 0 Å². The number of carbonyl (C=O) groups is 3. The number of unbranched alkanes of at least 4 members (excludes halogenated alkanes) is 22. The van der Waals surface area contributed by atoms with E-state index in [4.69, 9.17) is 14.2 Å². The second-order valence-electron chi connectivity index (χ2n) is 16.7. The summed E-state index contributed by atoms with van der Waals surface area (Å²) >= 11 is 0. The summed E-state index contributed by atoms with van der Waals surface area (Å²) in [6.45, 7) is 6.47. The van der Waals surface area contributed by atoms with Gasteiger partial charge in [-0.2, -0.15) is 0 Å². The summed E-state index contributed by atoms with van der Waals surface area (Å²) in [5.74, 6) is -0.932. The molecule has 0 N–H and O–H groups in total. The predicted molar refractivity (Wildman–Crippen MR) is 261 cm³/mol. The van der Waals surface area contributed by atoms with Gasteiger partial charge in [0.2, 0.25) is 0 Å². The van der Waals surface area contributed by atoms with Crippen LogP contribution in [-0.2, 0) is 28.6 Å². The first kappa shape index (κ1) is 57.9. The summed E-state index contributed by atoms with van der Waals surface area (Å²) in [5.41, 5.74) is 0. The Morgan fingerprint density at radius 1 is 0.344 bits per heavy atom. The minimum absolute atomic E-state index is 0.0867. The molecule has 0 saturated heterocycles. The molecule has 0 heterocycles. The fraction of sp³-hybridized carbons (Fsp3) is 0.727. The molecule has 0 fully saturated rings. The maximum Gasteiger partial charge on any atom is 0.306 e. The maximum atomic E-state index is 12.8. The van der Waals surface area contributed by atoms with Gasteiger partial charge in [-0.25, -0.2) is 0 Å². The van der Waals surface area contributed by atoms with E-state index in [1.165, 1.54) is 103 Å². The Labute approximate surface area is 376 Å². The van der Waals surface area contributed by atoms with Crippen LogP contribution >= 0.6 is 0 Å². The normalized spacial score (nSPS) is 12.6. The molecule has 1 atom stereocenters. The molecular formula is C55H94O6. The van der Waals surface area contributed by atoms with Crippen molar-refractivity contribution < 1.29 is 28.6 Å². The second kappa shape index (κ2) is 49.5. The Hall–Kier alpha value is -3.15. The van der Waals surface area contributed by atoms with Crippen molar-refractivity contribution >= 4 is 17.9 Å². The number of rotatable bonds is 45. The van der Waals surface area contributed by atoms with Crippen LogP contribution in [-0.4, -0.2) is 37.2 Å². The topological polar surface area (TPSA) is 78.9 Å². The Morgan fingerprint density at radius 2 is 0.639 bits per heavy atom. The predicted octanol–water partition coefficient (Wildman–Crippen LogP) is 16.6. The Morgan fingerprint density at radius 3 is 1.00 bits per heavy atom. The first-order valence-electron chi connectivity index (χ1n) is 25.4. The fourth-order valence-corrected chi connectivity index (χ4v) is 6.92. The largest absolute Gasteiger partial charge is 0.462 e. The average molecular weight is 851 g/mol. The van der Waals surface area contributed by atoms with E-state index in [1.807, 2.05) is 0 Å². The fourth-order valence-electron chi connectivity index (χ4n) is 6.92. The van der Waals surface area contributed by atoms with E-state index in [9.17, 15) is 14.4 Å². The van der Waals surface area contributed by atoms with Gasteiger partial charge in [-0.05, 0) is 70.6 Å². The lowest BCUT2D eigenvalue weighted by molar-refractivity contribution is -0.167. The van der Waals surface area contributed by atoms with Crippen LogP contribution in [0.3, 0.4) is 0 Å². The van der Waals surface area contributed by atoms with E-state index >= 15 is 0 Å². The Bertz CT molecular complexity index is 1160. The van der Waals surface area contributed by atoms with Crippen molar-refractivity contribution in [1.29, 1.82) is 0 Å². The molecule has 6 heteroatoms. The first-order valence-corrected chi connectivity index (χ1v) is 25.4. The minimum atomic E-state index is -0.788. The van der Waals surface area contributed by atoms with Crippen LogP contribution in [0.1, 0.15) is 239 Å². The van der Waals surface area contributed by atoms with Gasteiger partial charge in [0, 0.05) is 19.3 Å². The lowest BCUT2D eigenvalue weighted by Gasteiger charge is -2.18. The molecule has 61 heavy (non-hydrogen) atoms. The zero-order valence-electron chi connectivity index (χ0n) is 39.9. The zero-order chi connectivity index (χ0) is 44.4. The van der Waals surface area contributed by atoms with Crippen molar-refractivity contribution in [3.63, 3.8) is 0 Å². The Kier molecular flexibility index (Phi) is 46.9. The molecule has 0 amide bonds. The van der Waals surface area contributed by atoms with E-state index in [1.54, 1.807) is 0 Å². The monoisotopic (exact) mass is 851 g/mol. The van der Waals surface area contributed by atoms with E-state index in [0.29, 0.717) is 19.3 Å². The highest BCUT2D eigenvalue weighted by atomic mass is 16.6. The lowest BCUT2D eigenvalue weighted by atomic mass is 10.0. The van der Waals surface area contributed by atoms with Gasteiger partial charge in [0.05, 0.1) is 0 Å². The van der Waals surface area contributed by atoms with Crippen LogP contribution in [0.5, 0.6) is 0 Å². The van der Waals surface area contributed by atoms with Crippen LogP contribution in [0.25, 0.3) is 0 Å². The third-order valence-corrected chi connectivity index (χ3v) is 10.7. The molecule has 0 radical (unpaired) electrons. The summed E-state index contributed by atoms with van der Waals surface area (Å²) < 4.78 is 16.7. The molecule has 0 aromatic carbocycles. The van der Waals surface area contributed by atoms with Gasteiger partial charge in [0.15, 0.2) is 6.10 Å². The third kappa shape index (κ3) is 47.7. The highest BCUT2D eigenvalue weighted by molar-refractivity contribution is 5.71. The Balaban J connectivity index is 4.38. The van der Waals surface area contributed by atoms with Crippen molar-refractivity contribution in [3.05, 3.63) is 72.9 Å². The summed E-state index contributed by atoms with van der Waals surface area (Å²) in [6, 6.07) is 0. The number of ether oxygens (including phenoxy) is 3. The van der Waals surface area contributed by atoms with E-state index in [2.05, 4.69) is 93.7 Å². The molecule has 0 aromatic rings. The average Bonchev–Trinajstić information content (AvgIpc) is 3.26. The molecular weight excluding hydrogens is 757 g/mol. The highest BCUT2D eigenvalue weighted by Crippen LogP contribution is 2.15. The van der Waals surface area contributed by atoms with Crippen LogP contribution in [0.4, 0.5) is 0 Å². The lowest BCUT2D eigenvalue weighted by Crippen LogP contribution is -2.30. The van der Waals surface area contributed by atoms with Crippen molar-refractivity contribution in [1.82, 2.24) is 0 Å². The standard InChI is InChI=1S/C55H94O6/c1-4-7-10-13-16-19-21-23-24-25-26-27-28-29-30-32-33-36-39-42-45-48-54(57)60-51-52(50-59-53(56)47-44-41-38-35-18-15-12-9-6-3)61-55(58)49-46-43-40-37-34-31-22-20-17-14-11-8-5-2/h7,10,16,19,23-24,26-27,29-30,33,36,52H,4-6,8-9,11-15,17-18,20-22,25,28,31-32,34-35,37-51H2,1-3H3/b10-7-,19-16-,24-23-,27-26-,30-29-,36-33-. The number of hydrogen-bond acceptors (Lipinski definition) is 6. The van der Waals surface area contributed by atoms with E-state index in [-0.39, 0.29) is 31.1 Å². The summed E-state index contributed by atoms with van der Waals surface area (Å²) in [4.78, 5) is 37.8. The first-order chi connectivity index (χ1) is 30.0. The highest BCUT2D eigenvalue weighted by Gasteiger charge is 2.19. The molecule has 0 aromatic heterocycles. The van der Waals surface area contributed by atoms with Crippen molar-refractivity contribution in [2.24, 2.45) is 0 Å². The molecule has 350 valence electrons. The SMILES string of the molecule is CC/C=C\C/C=C\C/C=C\C/C=C\C/C=C\C/C=C\CCCCC(=O)OCC(COC(=O)CCCCCCCCCCC)OC(=O)CCCCCCCCCCCCCCC. The molecule has 0 saturated carbocycles. The van der Waals surface area contributed by atoms with E-state index in [0.717, 1.165) is 96.3 Å². The zero-order valence-corrected chi connectivity index (χ0v) is 39.9. The van der Waals surface area contributed by atoms with Crippen LogP contribution in [0.15, 0.2) is 72.9 Å². The molecule has 0 rings (SSSR count). The van der Waals surface area contributed by atoms with Gasteiger partial charge in [-0.3, -0.25) is 14.4 Å². The van der Waals surface area contributed by atoms with Crippen molar-refractivity contribution in [2.45, 2.75) is 245 Å². The summed E-state index contributed by atoms with van der Waals surface area (Å²) in [5, 5.41) is 0. The van der Waals surface area contributed by atoms with Gasteiger partial charge < -0.3 is 14.2 Å². The molecule has 0 aliphatic carbocycles. The minimum Gasteiger partial charge on any atom is -0.462 e. The van der Waals surface area contributed by atoms with Crippen molar-refractivity contribution in [3.8, 4) is 0 Å². The number of allylic oxidation sites excluding steroid dienone is 12. The molecule has 0 aliphatic heterocycles. The smallest absolute Gasteiger partial charge is 0.306 e.